The predicted molar refractivity (Wildman–Crippen MR) is 66.1 cm³/mol. The lowest BCUT2D eigenvalue weighted by molar-refractivity contribution is 0.628. The van der Waals surface area contributed by atoms with Crippen LogP contribution in [0.4, 0.5) is 4.39 Å². The first-order chi connectivity index (χ1) is 8.20. The number of nitrogens with one attached hydrogen (secondary N) is 2. The van der Waals surface area contributed by atoms with E-state index in [0.717, 1.165) is 35.9 Å². The van der Waals surface area contributed by atoms with Crippen LogP contribution >= 0.6 is 0 Å². The van der Waals surface area contributed by atoms with Gasteiger partial charge in [0.15, 0.2) is 0 Å². The molecule has 4 heteroatoms. The molecule has 0 saturated carbocycles. The van der Waals surface area contributed by atoms with Crippen LogP contribution in [0.1, 0.15) is 18.4 Å². The summed E-state index contributed by atoms with van der Waals surface area (Å²) in [5.41, 5.74) is 2.82. The average molecular weight is 233 g/mol. The number of H-pyrrole nitrogens is 1. The van der Waals surface area contributed by atoms with Gasteiger partial charge in [-0.2, -0.15) is 0 Å². The van der Waals surface area contributed by atoms with Crippen LogP contribution in [0.3, 0.4) is 0 Å². The second-order valence-corrected chi connectivity index (χ2v) is 3.94. The van der Waals surface area contributed by atoms with E-state index in [9.17, 15) is 4.39 Å². The Morgan fingerprint density at radius 3 is 2.65 bits per heavy atom. The van der Waals surface area contributed by atoms with E-state index >= 15 is 0 Å². The van der Waals surface area contributed by atoms with Crippen LogP contribution in [-0.4, -0.2) is 16.5 Å². The van der Waals surface area contributed by atoms with Gasteiger partial charge in [-0.3, -0.25) is 0 Å². The van der Waals surface area contributed by atoms with Crippen molar-refractivity contribution in [2.75, 3.05) is 6.54 Å². The molecule has 0 fully saturated rings. The van der Waals surface area contributed by atoms with Crippen LogP contribution in [0.2, 0.25) is 0 Å². The maximum atomic E-state index is 12.8. The lowest BCUT2D eigenvalue weighted by Crippen LogP contribution is -2.12. The molecule has 0 unspecified atom stereocenters. The summed E-state index contributed by atoms with van der Waals surface area (Å²) in [7, 11) is 0. The van der Waals surface area contributed by atoms with Gasteiger partial charge in [0.2, 0.25) is 0 Å². The zero-order valence-corrected chi connectivity index (χ0v) is 10.0. The van der Waals surface area contributed by atoms with E-state index in [4.69, 9.17) is 0 Å². The number of hydrogen-bond donors (Lipinski definition) is 2. The van der Waals surface area contributed by atoms with Crippen LogP contribution in [-0.2, 0) is 6.54 Å². The zero-order chi connectivity index (χ0) is 12.3. The van der Waals surface area contributed by atoms with E-state index in [-0.39, 0.29) is 5.82 Å². The Balaban J connectivity index is 2.26. The standard InChI is InChI=1S/C13H16FN3/c1-3-15-8-12-16-9(2)13(17-12)10-4-6-11(14)7-5-10/h4-7,15H,3,8H2,1-2H3,(H,16,17). The van der Waals surface area contributed by atoms with Crippen molar-refractivity contribution in [3.8, 4) is 11.3 Å². The topological polar surface area (TPSA) is 40.7 Å². The normalized spacial score (nSPS) is 10.8. The number of benzene rings is 1. The molecule has 2 rings (SSSR count). The molecule has 1 heterocycles. The second-order valence-electron chi connectivity index (χ2n) is 3.94. The maximum Gasteiger partial charge on any atom is 0.123 e. The fourth-order valence-electron chi connectivity index (χ4n) is 1.74. The summed E-state index contributed by atoms with van der Waals surface area (Å²) in [6.45, 7) is 5.65. The van der Waals surface area contributed by atoms with Gasteiger partial charge in [-0.25, -0.2) is 9.37 Å². The third kappa shape index (κ3) is 2.71. The minimum atomic E-state index is -0.227. The largest absolute Gasteiger partial charge is 0.344 e. The minimum Gasteiger partial charge on any atom is -0.344 e. The van der Waals surface area contributed by atoms with Crippen molar-refractivity contribution in [3.05, 3.63) is 41.6 Å². The molecule has 0 bridgehead atoms. The number of halogens is 1. The Morgan fingerprint density at radius 2 is 2.00 bits per heavy atom. The number of aromatic nitrogens is 2. The van der Waals surface area contributed by atoms with E-state index in [0.29, 0.717) is 0 Å². The fraction of sp³-hybridized carbons (Fsp3) is 0.308. The predicted octanol–water partition coefficient (Wildman–Crippen LogP) is 2.63. The minimum absolute atomic E-state index is 0.227. The van der Waals surface area contributed by atoms with E-state index < -0.39 is 0 Å². The molecular weight excluding hydrogens is 217 g/mol. The summed E-state index contributed by atoms with van der Waals surface area (Å²) in [6.07, 6.45) is 0. The van der Waals surface area contributed by atoms with Gasteiger partial charge >= 0.3 is 0 Å². The van der Waals surface area contributed by atoms with E-state index in [1.165, 1.54) is 12.1 Å². The molecule has 2 aromatic rings. The molecular formula is C13H16FN3. The molecule has 0 aliphatic carbocycles. The summed E-state index contributed by atoms with van der Waals surface area (Å²) < 4.78 is 12.8. The Hall–Kier alpha value is -1.68. The van der Waals surface area contributed by atoms with Gasteiger partial charge in [-0.05, 0) is 37.7 Å². The molecule has 0 aliphatic heterocycles. The quantitative estimate of drug-likeness (QED) is 0.852. The van der Waals surface area contributed by atoms with Crippen molar-refractivity contribution in [1.29, 1.82) is 0 Å². The van der Waals surface area contributed by atoms with Gasteiger partial charge in [0.05, 0.1) is 12.2 Å². The van der Waals surface area contributed by atoms with Crippen LogP contribution in [0.25, 0.3) is 11.3 Å². The van der Waals surface area contributed by atoms with Gasteiger partial charge in [0.1, 0.15) is 11.6 Å². The highest BCUT2D eigenvalue weighted by Crippen LogP contribution is 2.21. The monoisotopic (exact) mass is 233 g/mol. The Labute approximate surface area is 100 Å². The highest BCUT2D eigenvalue weighted by atomic mass is 19.1. The van der Waals surface area contributed by atoms with Crippen molar-refractivity contribution < 1.29 is 4.39 Å². The molecule has 0 aliphatic rings. The smallest absolute Gasteiger partial charge is 0.123 e. The molecule has 0 radical (unpaired) electrons. The van der Waals surface area contributed by atoms with E-state index in [1.54, 1.807) is 12.1 Å². The molecule has 17 heavy (non-hydrogen) atoms. The van der Waals surface area contributed by atoms with Crippen molar-refractivity contribution in [3.63, 3.8) is 0 Å². The van der Waals surface area contributed by atoms with Crippen LogP contribution in [0.5, 0.6) is 0 Å². The van der Waals surface area contributed by atoms with Crippen LogP contribution in [0.15, 0.2) is 24.3 Å². The Bertz CT molecular complexity index is 488. The summed E-state index contributed by atoms with van der Waals surface area (Å²) in [5.74, 6) is 0.679. The lowest BCUT2D eigenvalue weighted by Gasteiger charge is -1.98. The fourth-order valence-corrected chi connectivity index (χ4v) is 1.74. The van der Waals surface area contributed by atoms with Crippen LogP contribution < -0.4 is 5.32 Å². The van der Waals surface area contributed by atoms with E-state index in [2.05, 4.69) is 22.2 Å². The third-order valence-corrected chi connectivity index (χ3v) is 2.59. The van der Waals surface area contributed by atoms with Crippen molar-refractivity contribution >= 4 is 0 Å². The molecule has 0 amide bonds. The summed E-state index contributed by atoms with van der Waals surface area (Å²) >= 11 is 0. The van der Waals surface area contributed by atoms with Gasteiger partial charge in [-0.15, -0.1) is 0 Å². The van der Waals surface area contributed by atoms with Crippen molar-refractivity contribution in [2.45, 2.75) is 20.4 Å². The molecule has 90 valence electrons. The molecule has 1 aromatic heterocycles. The number of aromatic amines is 1. The van der Waals surface area contributed by atoms with Crippen LogP contribution in [0, 0.1) is 12.7 Å². The van der Waals surface area contributed by atoms with Gasteiger partial charge < -0.3 is 10.3 Å². The molecule has 0 saturated heterocycles. The average Bonchev–Trinajstić information content (AvgIpc) is 2.69. The first-order valence-electron chi connectivity index (χ1n) is 5.73. The van der Waals surface area contributed by atoms with Gasteiger partial charge in [0, 0.05) is 11.3 Å². The number of nitrogens with zero attached hydrogens (tertiary/aromatic N) is 1. The SMILES string of the molecule is CCNCc1nc(-c2ccc(F)cc2)c(C)[nH]1. The number of rotatable bonds is 4. The second kappa shape index (κ2) is 5.10. The van der Waals surface area contributed by atoms with Crippen molar-refractivity contribution in [2.24, 2.45) is 0 Å². The maximum absolute atomic E-state index is 12.8. The zero-order valence-electron chi connectivity index (χ0n) is 10.0. The third-order valence-electron chi connectivity index (χ3n) is 2.59. The first kappa shape index (κ1) is 11.8. The molecule has 2 N–H and O–H groups in total. The van der Waals surface area contributed by atoms with E-state index in [1.807, 2.05) is 6.92 Å². The number of aryl methyl sites for hydroxylation is 1. The molecule has 0 atom stereocenters. The highest BCUT2D eigenvalue weighted by molar-refractivity contribution is 5.61. The highest BCUT2D eigenvalue weighted by Gasteiger charge is 2.08. The van der Waals surface area contributed by atoms with Gasteiger partial charge in [-0.1, -0.05) is 6.92 Å². The Kier molecular flexibility index (Phi) is 3.54. The molecule has 0 spiro atoms. The summed E-state index contributed by atoms with van der Waals surface area (Å²) in [5, 5.41) is 3.21. The summed E-state index contributed by atoms with van der Waals surface area (Å²) in [6, 6.07) is 6.39. The molecule has 3 nitrogen and oxygen atoms in total. The van der Waals surface area contributed by atoms with Crippen molar-refractivity contribution in [1.82, 2.24) is 15.3 Å². The Morgan fingerprint density at radius 1 is 1.29 bits per heavy atom. The first-order valence-corrected chi connectivity index (χ1v) is 5.73. The lowest BCUT2D eigenvalue weighted by atomic mass is 10.1. The van der Waals surface area contributed by atoms with Gasteiger partial charge in [0.25, 0.3) is 0 Å². The number of hydrogen-bond acceptors (Lipinski definition) is 2. The molecule has 1 aromatic carbocycles. The number of imidazole rings is 1. The summed E-state index contributed by atoms with van der Waals surface area (Å²) in [4.78, 5) is 7.73.